The van der Waals surface area contributed by atoms with Gasteiger partial charge in [-0.05, 0) is 30.3 Å². The van der Waals surface area contributed by atoms with E-state index in [0.717, 1.165) is 0 Å². The summed E-state index contributed by atoms with van der Waals surface area (Å²) in [7, 11) is 0. The molecule has 0 radical (unpaired) electrons. The maximum atomic E-state index is 12.9. The Balaban J connectivity index is 1.38. The lowest BCUT2D eigenvalue weighted by atomic mass is 9.83. The van der Waals surface area contributed by atoms with Crippen LogP contribution in [0.2, 0.25) is 5.02 Å². The van der Waals surface area contributed by atoms with Crippen molar-refractivity contribution in [3.8, 4) is 11.5 Å². The molecule has 158 valence electrons. The number of carbonyl (C=O) groups excluding carboxylic acids is 4. The zero-order valence-corrected chi connectivity index (χ0v) is 17.1. The molecule has 0 bridgehead atoms. The molecule has 1 heterocycles. The summed E-state index contributed by atoms with van der Waals surface area (Å²) in [6.45, 7) is -0.466. The van der Waals surface area contributed by atoms with Gasteiger partial charge in [0.1, 0.15) is 0 Å². The number of ketones is 3. The molecule has 0 aromatic heterocycles. The number of carbonyl (C=O) groups is 4. The molecule has 3 aromatic rings. The fourth-order valence-corrected chi connectivity index (χ4v) is 3.99. The molecule has 0 spiro atoms. The normalized spacial score (nSPS) is 13.4. The molecule has 1 aliphatic heterocycles. The Hall–Kier alpha value is -3.97. The van der Waals surface area contributed by atoms with Crippen LogP contribution in [0.4, 0.5) is 0 Å². The van der Waals surface area contributed by atoms with Gasteiger partial charge in [0, 0.05) is 22.3 Å². The van der Waals surface area contributed by atoms with Gasteiger partial charge in [0.15, 0.2) is 35.5 Å². The molecule has 3 aromatic carbocycles. The molecule has 0 saturated carbocycles. The average Bonchev–Trinajstić information content (AvgIpc) is 3.28. The molecule has 0 amide bonds. The Bertz CT molecular complexity index is 1340. The van der Waals surface area contributed by atoms with Crippen molar-refractivity contribution >= 4 is 34.9 Å². The molecule has 0 N–H and O–H groups in total. The maximum absolute atomic E-state index is 12.9. The van der Waals surface area contributed by atoms with Crippen LogP contribution in [-0.4, -0.2) is 36.7 Å². The van der Waals surface area contributed by atoms with Crippen molar-refractivity contribution in [2.75, 3.05) is 13.4 Å². The second-order valence-corrected chi connectivity index (χ2v) is 7.50. The van der Waals surface area contributed by atoms with Crippen molar-refractivity contribution < 1.29 is 33.4 Å². The van der Waals surface area contributed by atoms with E-state index in [4.69, 9.17) is 25.8 Å². The summed E-state index contributed by atoms with van der Waals surface area (Å²) >= 11 is 6.36. The molecule has 0 saturated heterocycles. The van der Waals surface area contributed by atoms with E-state index in [-0.39, 0.29) is 51.0 Å². The lowest BCUT2D eigenvalue weighted by molar-refractivity contribution is 0.0474. The number of halogens is 1. The predicted molar refractivity (Wildman–Crippen MR) is 112 cm³/mol. The van der Waals surface area contributed by atoms with Gasteiger partial charge >= 0.3 is 5.97 Å². The van der Waals surface area contributed by atoms with Gasteiger partial charge in [-0.15, -0.1) is 0 Å². The summed E-state index contributed by atoms with van der Waals surface area (Å²) in [5.74, 6) is -1.18. The van der Waals surface area contributed by atoms with E-state index >= 15 is 0 Å². The third-order valence-electron chi connectivity index (χ3n) is 5.28. The largest absolute Gasteiger partial charge is 0.454 e. The second-order valence-electron chi connectivity index (χ2n) is 7.12. The highest BCUT2D eigenvalue weighted by atomic mass is 35.5. The minimum atomic E-state index is -0.883. The fraction of sp³-hybridized carbons (Fsp3) is 0.0833. The quantitative estimate of drug-likeness (QED) is 0.345. The summed E-state index contributed by atoms with van der Waals surface area (Å²) < 4.78 is 15.6. The van der Waals surface area contributed by atoms with Crippen molar-refractivity contribution in [3.63, 3.8) is 0 Å². The van der Waals surface area contributed by atoms with E-state index < -0.39 is 24.1 Å². The van der Waals surface area contributed by atoms with Crippen molar-refractivity contribution in [1.82, 2.24) is 0 Å². The molecular formula is C24H13ClO7. The van der Waals surface area contributed by atoms with E-state index in [2.05, 4.69) is 0 Å². The van der Waals surface area contributed by atoms with Gasteiger partial charge in [0.2, 0.25) is 6.79 Å². The van der Waals surface area contributed by atoms with Crippen LogP contribution in [0, 0.1) is 0 Å². The third kappa shape index (κ3) is 3.14. The topological polar surface area (TPSA) is 96.0 Å². The molecule has 0 atom stereocenters. The number of hydrogen-bond donors (Lipinski definition) is 0. The van der Waals surface area contributed by atoms with Crippen molar-refractivity contribution in [2.24, 2.45) is 0 Å². The Morgan fingerprint density at radius 2 is 1.59 bits per heavy atom. The Morgan fingerprint density at radius 3 is 2.38 bits per heavy atom. The van der Waals surface area contributed by atoms with Gasteiger partial charge in [-0.1, -0.05) is 35.9 Å². The molecule has 1 aliphatic carbocycles. The van der Waals surface area contributed by atoms with Crippen LogP contribution < -0.4 is 9.47 Å². The van der Waals surface area contributed by atoms with Gasteiger partial charge in [-0.2, -0.15) is 0 Å². The zero-order valence-electron chi connectivity index (χ0n) is 16.3. The van der Waals surface area contributed by atoms with Crippen LogP contribution in [-0.2, 0) is 4.74 Å². The Morgan fingerprint density at radius 1 is 0.875 bits per heavy atom. The number of esters is 1. The smallest absolute Gasteiger partial charge is 0.340 e. The molecule has 32 heavy (non-hydrogen) atoms. The zero-order chi connectivity index (χ0) is 22.4. The minimum Gasteiger partial charge on any atom is -0.454 e. The first kappa shape index (κ1) is 20.0. The molecule has 8 heteroatoms. The molecule has 5 rings (SSSR count). The van der Waals surface area contributed by atoms with E-state index in [9.17, 15) is 19.2 Å². The second kappa shape index (κ2) is 7.62. The molecular weight excluding hydrogens is 436 g/mol. The number of Topliss-reactive ketones (excluding diaryl/α,β-unsaturated/α-hetero) is 1. The van der Waals surface area contributed by atoms with Crippen LogP contribution in [0.3, 0.4) is 0 Å². The molecule has 0 fully saturated rings. The monoisotopic (exact) mass is 448 g/mol. The summed E-state index contributed by atoms with van der Waals surface area (Å²) in [6.07, 6.45) is 0. The summed E-state index contributed by atoms with van der Waals surface area (Å²) in [6, 6.07) is 13.7. The standard InChI is InChI=1S/C24H13ClO7/c25-21-16(7-6-15-20(21)23(28)14-4-2-1-3-13(14)22(15)27)24(29)30-10-17(26)12-5-8-18-19(9-12)32-11-31-18/h1-9H,10-11H2. The Kier molecular flexibility index (Phi) is 4.75. The number of rotatable bonds is 4. The van der Waals surface area contributed by atoms with Gasteiger partial charge in [-0.25, -0.2) is 4.79 Å². The fourth-order valence-electron chi connectivity index (χ4n) is 3.67. The number of fused-ring (bicyclic) bond motifs is 3. The van der Waals surface area contributed by atoms with E-state index in [0.29, 0.717) is 11.5 Å². The van der Waals surface area contributed by atoms with Crippen molar-refractivity contribution in [1.29, 1.82) is 0 Å². The van der Waals surface area contributed by atoms with Gasteiger partial charge in [0.05, 0.1) is 16.1 Å². The highest BCUT2D eigenvalue weighted by Gasteiger charge is 2.33. The van der Waals surface area contributed by atoms with E-state index in [1.807, 2.05) is 0 Å². The number of benzene rings is 3. The van der Waals surface area contributed by atoms with Gasteiger partial charge in [-0.3, -0.25) is 14.4 Å². The van der Waals surface area contributed by atoms with Crippen molar-refractivity contribution in [2.45, 2.75) is 0 Å². The molecule has 0 unspecified atom stereocenters. The molecule has 2 aliphatic rings. The Labute approximate surface area is 186 Å². The SMILES string of the molecule is O=C(COC(=O)c1ccc2c(c1Cl)C(=O)c1ccccc1C2=O)c1ccc2c(c1)OCO2. The van der Waals surface area contributed by atoms with Crippen LogP contribution in [0.15, 0.2) is 54.6 Å². The molecule has 7 nitrogen and oxygen atoms in total. The first-order valence-corrected chi connectivity index (χ1v) is 9.94. The van der Waals surface area contributed by atoms with Crippen LogP contribution in [0.25, 0.3) is 0 Å². The van der Waals surface area contributed by atoms with Crippen molar-refractivity contribution in [3.05, 3.63) is 93.0 Å². The number of ether oxygens (including phenoxy) is 3. The highest BCUT2D eigenvalue weighted by Crippen LogP contribution is 2.35. The number of hydrogen-bond acceptors (Lipinski definition) is 7. The summed E-state index contributed by atoms with van der Waals surface area (Å²) in [5, 5.41) is -0.184. The van der Waals surface area contributed by atoms with Crippen LogP contribution in [0.1, 0.15) is 52.6 Å². The van der Waals surface area contributed by atoms with Crippen LogP contribution >= 0.6 is 11.6 Å². The first-order chi connectivity index (χ1) is 15.5. The maximum Gasteiger partial charge on any atom is 0.340 e. The summed E-state index contributed by atoms with van der Waals surface area (Å²) in [5.41, 5.74) is 0.750. The lowest BCUT2D eigenvalue weighted by Crippen LogP contribution is -2.23. The van der Waals surface area contributed by atoms with Gasteiger partial charge < -0.3 is 14.2 Å². The van der Waals surface area contributed by atoms with Gasteiger partial charge in [0.25, 0.3) is 0 Å². The third-order valence-corrected chi connectivity index (χ3v) is 5.67. The summed E-state index contributed by atoms with van der Waals surface area (Å²) in [4.78, 5) is 50.7. The minimum absolute atomic E-state index is 0.0492. The first-order valence-electron chi connectivity index (χ1n) is 9.56. The highest BCUT2D eigenvalue weighted by molar-refractivity contribution is 6.41. The van der Waals surface area contributed by atoms with Crippen LogP contribution in [0.5, 0.6) is 11.5 Å². The van der Waals surface area contributed by atoms with E-state index in [1.54, 1.807) is 24.3 Å². The lowest BCUT2D eigenvalue weighted by Gasteiger charge is -2.19. The predicted octanol–water partition coefficient (Wildman–Crippen LogP) is 3.88. The van der Waals surface area contributed by atoms with E-state index in [1.165, 1.54) is 30.3 Å². The average molecular weight is 449 g/mol.